The van der Waals surface area contributed by atoms with E-state index in [-0.39, 0.29) is 21.7 Å². The fourth-order valence-corrected chi connectivity index (χ4v) is 5.51. The Morgan fingerprint density at radius 1 is 0.676 bits per heavy atom. The molecule has 0 aromatic heterocycles. The van der Waals surface area contributed by atoms with E-state index >= 15 is 0 Å². The van der Waals surface area contributed by atoms with E-state index in [4.69, 9.17) is 20.3 Å². The van der Waals surface area contributed by atoms with Crippen LogP contribution >= 0.6 is 19.0 Å². The van der Waals surface area contributed by atoms with Gasteiger partial charge in [0, 0.05) is 17.5 Å². The molecule has 0 saturated carbocycles. The molecule has 2 aromatic rings. The molecule has 3 rings (SSSR count). The SMILES string of the molecule is CCC(C)(C)c1cc(C(C)(C)C)cc2c1OP(Cl)Oc1c(cc(C(C)(C)C)cc1C(C)(C)C)C2. The predicted molar refractivity (Wildman–Crippen MR) is 149 cm³/mol. The van der Waals surface area contributed by atoms with E-state index in [9.17, 15) is 0 Å². The van der Waals surface area contributed by atoms with Crippen molar-refractivity contribution in [3.8, 4) is 11.5 Å². The number of fused-ring (bicyclic) bond motifs is 2. The Kier molecular flexibility index (Phi) is 7.25. The van der Waals surface area contributed by atoms with Gasteiger partial charge in [0.15, 0.2) is 0 Å². The third-order valence-electron chi connectivity index (χ3n) is 7.19. The molecule has 0 fully saturated rings. The van der Waals surface area contributed by atoms with Crippen LogP contribution in [0.5, 0.6) is 11.5 Å². The summed E-state index contributed by atoms with van der Waals surface area (Å²) in [5, 5.41) is 0. The number of benzene rings is 2. The van der Waals surface area contributed by atoms with Crippen molar-refractivity contribution in [2.45, 2.75) is 118 Å². The summed E-state index contributed by atoms with van der Waals surface area (Å²) in [5.41, 5.74) is 7.41. The third-order valence-corrected chi connectivity index (χ3v) is 8.26. The lowest BCUT2D eigenvalue weighted by atomic mass is 9.75. The van der Waals surface area contributed by atoms with Crippen molar-refractivity contribution in [3.63, 3.8) is 0 Å². The van der Waals surface area contributed by atoms with Crippen LogP contribution in [0.2, 0.25) is 0 Å². The third kappa shape index (κ3) is 5.60. The van der Waals surface area contributed by atoms with E-state index in [1.807, 2.05) is 0 Å². The molecule has 0 N–H and O–H groups in total. The van der Waals surface area contributed by atoms with Gasteiger partial charge in [0.1, 0.15) is 11.5 Å². The van der Waals surface area contributed by atoms with E-state index in [0.29, 0.717) is 0 Å². The van der Waals surface area contributed by atoms with Crippen molar-refractivity contribution in [1.29, 1.82) is 0 Å². The lowest BCUT2D eigenvalue weighted by Gasteiger charge is -2.34. The lowest BCUT2D eigenvalue weighted by molar-refractivity contribution is 0.444. The van der Waals surface area contributed by atoms with Gasteiger partial charge in [-0.15, -0.1) is 0 Å². The molecular formula is C30H44ClO2P. The summed E-state index contributed by atoms with van der Waals surface area (Å²) in [7, 11) is -1.64. The Morgan fingerprint density at radius 3 is 1.47 bits per heavy atom. The van der Waals surface area contributed by atoms with Gasteiger partial charge in [-0.2, -0.15) is 0 Å². The fourth-order valence-electron chi connectivity index (χ4n) is 4.34. The lowest BCUT2D eigenvalue weighted by Crippen LogP contribution is -2.22. The number of rotatable bonds is 2. The van der Waals surface area contributed by atoms with Crippen LogP contribution in [-0.4, -0.2) is 0 Å². The summed E-state index contributed by atoms with van der Waals surface area (Å²) in [4.78, 5) is 0. The van der Waals surface area contributed by atoms with Gasteiger partial charge < -0.3 is 9.05 Å². The maximum Gasteiger partial charge on any atom is 0.401 e. The first kappa shape index (κ1) is 27.3. The van der Waals surface area contributed by atoms with Gasteiger partial charge in [-0.05, 0) is 61.6 Å². The van der Waals surface area contributed by atoms with Crippen molar-refractivity contribution in [2.24, 2.45) is 0 Å². The highest BCUT2D eigenvalue weighted by atomic mass is 35.7. The molecule has 1 aliphatic rings. The molecule has 0 bridgehead atoms. The maximum atomic E-state index is 6.82. The normalized spacial score (nSPS) is 17.1. The zero-order valence-electron chi connectivity index (χ0n) is 23.4. The van der Waals surface area contributed by atoms with Gasteiger partial charge in [-0.25, -0.2) is 0 Å². The number of hydrogen-bond donors (Lipinski definition) is 0. The van der Waals surface area contributed by atoms with Crippen molar-refractivity contribution in [3.05, 3.63) is 57.6 Å². The zero-order valence-corrected chi connectivity index (χ0v) is 25.0. The van der Waals surface area contributed by atoms with Crippen LogP contribution in [-0.2, 0) is 28.1 Å². The molecule has 0 saturated heterocycles. The van der Waals surface area contributed by atoms with Crippen molar-refractivity contribution >= 4 is 19.0 Å². The zero-order chi connectivity index (χ0) is 25.9. The van der Waals surface area contributed by atoms with Gasteiger partial charge in [0.05, 0.1) is 0 Å². The number of hydrogen-bond acceptors (Lipinski definition) is 2. The van der Waals surface area contributed by atoms with Gasteiger partial charge in [0.2, 0.25) is 0 Å². The topological polar surface area (TPSA) is 18.5 Å². The second-order valence-corrected chi connectivity index (χ2v) is 15.2. The largest absolute Gasteiger partial charge is 0.427 e. The average molecular weight is 503 g/mol. The Hall–Kier alpha value is -1.24. The summed E-state index contributed by atoms with van der Waals surface area (Å²) >= 11 is 6.82. The molecule has 2 aromatic carbocycles. The van der Waals surface area contributed by atoms with E-state index < -0.39 is 7.73 Å². The van der Waals surface area contributed by atoms with Crippen LogP contribution in [0, 0.1) is 0 Å². The van der Waals surface area contributed by atoms with Crippen LogP contribution in [0.25, 0.3) is 0 Å². The van der Waals surface area contributed by atoms with Gasteiger partial charge >= 0.3 is 7.73 Å². The first-order valence-electron chi connectivity index (χ1n) is 12.5. The minimum Gasteiger partial charge on any atom is -0.427 e. The highest BCUT2D eigenvalue weighted by Gasteiger charge is 2.34. The van der Waals surface area contributed by atoms with Gasteiger partial charge in [-0.3, -0.25) is 0 Å². The Morgan fingerprint density at radius 2 is 1.09 bits per heavy atom. The Labute approximate surface area is 214 Å². The van der Waals surface area contributed by atoms with Crippen molar-refractivity contribution < 1.29 is 9.05 Å². The van der Waals surface area contributed by atoms with Crippen LogP contribution in [0.15, 0.2) is 24.3 Å². The molecule has 4 heteroatoms. The average Bonchev–Trinajstić information content (AvgIpc) is 2.65. The second-order valence-electron chi connectivity index (χ2n) is 13.6. The molecule has 1 unspecified atom stereocenters. The highest BCUT2D eigenvalue weighted by Crippen LogP contribution is 2.54. The van der Waals surface area contributed by atoms with Gasteiger partial charge in [0.25, 0.3) is 0 Å². The van der Waals surface area contributed by atoms with E-state index in [2.05, 4.69) is 107 Å². The Balaban J connectivity index is 2.37. The molecule has 1 heterocycles. The Bertz CT molecular complexity index is 1070. The minimum absolute atomic E-state index is 0.0326. The first-order valence-corrected chi connectivity index (χ1v) is 14.6. The van der Waals surface area contributed by atoms with Crippen LogP contribution in [0.3, 0.4) is 0 Å². The summed E-state index contributed by atoms with van der Waals surface area (Å²) < 4.78 is 12.9. The molecule has 188 valence electrons. The fraction of sp³-hybridized carbons (Fsp3) is 0.600. The summed E-state index contributed by atoms with van der Waals surface area (Å²) in [6.07, 6.45) is 1.77. The molecule has 0 aliphatic carbocycles. The first-order chi connectivity index (χ1) is 15.3. The molecule has 34 heavy (non-hydrogen) atoms. The number of halogens is 1. The van der Waals surface area contributed by atoms with Crippen molar-refractivity contribution in [1.82, 2.24) is 0 Å². The van der Waals surface area contributed by atoms with Gasteiger partial charge in [-0.1, -0.05) is 107 Å². The molecule has 1 aliphatic heterocycles. The van der Waals surface area contributed by atoms with E-state index in [1.54, 1.807) is 0 Å². The smallest absolute Gasteiger partial charge is 0.401 e. The highest BCUT2D eigenvalue weighted by molar-refractivity contribution is 7.76. The van der Waals surface area contributed by atoms with E-state index in [0.717, 1.165) is 24.3 Å². The molecule has 0 amide bonds. The van der Waals surface area contributed by atoms with Crippen LogP contribution < -0.4 is 9.05 Å². The summed E-state index contributed by atoms with van der Waals surface area (Å²) in [5.74, 6) is 1.80. The summed E-state index contributed by atoms with van der Waals surface area (Å²) in [6.45, 7) is 27.2. The van der Waals surface area contributed by atoms with Crippen molar-refractivity contribution in [2.75, 3.05) is 0 Å². The molecule has 1 atom stereocenters. The van der Waals surface area contributed by atoms with Crippen LogP contribution in [0.1, 0.15) is 123 Å². The molecule has 2 nitrogen and oxygen atoms in total. The molecule has 0 spiro atoms. The monoisotopic (exact) mass is 502 g/mol. The van der Waals surface area contributed by atoms with Crippen LogP contribution in [0.4, 0.5) is 0 Å². The quantitative estimate of drug-likeness (QED) is 0.380. The molecule has 0 radical (unpaired) electrons. The van der Waals surface area contributed by atoms with E-state index in [1.165, 1.54) is 33.4 Å². The predicted octanol–water partition coefficient (Wildman–Crippen LogP) is 10.1. The standard InChI is InChI=1S/C30H44ClO2P/c1-13-30(11,12)24-18-22(28(5,6)7)16-20-14-19-15-21(27(2,3)4)17-23(29(8,9)10)25(19)32-34(31)33-26(20)24/h15-18H,13-14H2,1-12H3. The minimum atomic E-state index is -1.64. The molecular weight excluding hydrogens is 459 g/mol. The second kappa shape index (κ2) is 9.01. The maximum absolute atomic E-state index is 6.82. The summed E-state index contributed by atoms with van der Waals surface area (Å²) in [6, 6.07) is 9.30.